The van der Waals surface area contributed by atoms with Gasteiger partial charge >= 0.3 is 6.01 Å². The van der Waals surface area contributed by atoms with E-state index >= 15 is 0 Å². The number of hydrogen-bond acceptors (Lipinski definition) is 6. The predicted octanol–water partition coefficient (Wildman–Crippen LogP) is 1.73. The SMILES string of the molecule is COc1cc(Oc2ncc(N)cn2)ccc1C#N. The molecule has 18 heavy (non-hydrogen) atoms. The Morgan fingerprint density at radius 3 is 2.61 bits per heavy atom. The van der Waals surface area contributed by atoms with Crippen molar-refractivity contribution in [1.82, 2.24) is 9.97 Å². The number of ether oxygens (including phenoxy) is 2. The number of nitriles is 1. The van der Waals surface area contributed by atoms with E-state index in [1.807, 2.05) is 6.07 Å². The van der Waals surface area contributed by atoms with E-state index in [1.165, 1.54) is 19.5 Å². The van der Waals surface area contributed by atoms with Crippen molar-refractivity contribution >= 4 is 5.69 Å². The van der Waals surface area contributed by atoms with Gasteiger partial charge in [0, 0.05) is 6.07 Å². The van der Waals surface area contributed by atoms with Gasteiger partial charge in [0.05, 0.1) is 30.8 Å². The summed E-state index contributed by atoms with van der Waals surface area (Å²) in [6, 6.07) is 7.03. The lowest BCUT2D eigenvalue weighted by molar-refractivity contribution is 0.403. The molecule has 0 spiro atoms. The predicted molar refractivity (Wildman–Crippen MR) is 64.2 cm³/mol. The topological polar surface area (TPSA) is 94.1 Å². The number of rotatable bonds is 3. The van der Waals surface area contributed by atoms with Crippen LogP contribution in [0.25, 0.3) is 0 Å². The Morgan fingerprint density at radius 1 is 1.28 bits per heavy atom. The highest BCUT2D eigenvalue weighted by Gasteiger charge is 2.06. The first-order valence-corrected chi connectivity index (χ1v) is 5.06. The molecule has 0 saturated heterocycles. The van der Waals surface area contributed by atoms with E-state index in [1.54, 1.807) is 18.2 Å². The number of nitrogen functional groups attached to an aromatic ring is 1. The maximum Gasteiger partial charge on any atom is 0.322 e. The molecule has 1 aromatic heterocycles. The average molecular weight is 242 g/mol. The van der Waals surface area contributed by atoms with Crippen molar-refractivity contribution in [2.45, 2.75) is 0 Å². The molecule has 2 N–H and O–H groups in total. The van der Waals surface area contributed by atoms with E-state index in [4.69, 9.17) is 20.5 Å². The van der Waals surface area contributed by atoms with E-state index in [9.17, 15) is 0 Å². The van der Waals surface area contributed by atoms with Gasteiger partial charge in [0.2, 0.25) is 0 Å². The molecule has 2 aromatic rings. The highest BCUT2D eigenvalue weighted by Crippen LogP contribution is 2.26. The van der Waals surface area contributed by atoms with E-state index < -0.39 is 0 Å². The Hall–Kier alpha value is -2.81. The van der Waals surface area contributed by atoms with Gasteiger partial charge in [0.1, 0.15) is 17.6 Å². The summed E-state index contributed by atoms with van der Waals surface area (Å²) < 4.78 is 10.5. The Morgan fingerprint density at radius 2 is 2.00 bits per heavy atom. The first-order chi connectivity index (χ1) is 8.72. The molecule has 6 nitrogen and oxygen atoms in total. The second-order valence-electron chi connectivity index (χ2n) is 3.37. The molecule has 1 heterocycles. The number of nitrogens with zero attached hydrogens (tertiary/aromatic N) is 3. The molecule has 0 bridgehead atoms. The van der Waals surface area contributed by atoms with E-state index in [0.29, 0.717) is 22.7 Å². The lowest BCUT2D eigenvalue weighted by Gasteiger charge is -2.06. The van der Waals surface area contributed by atoms with Crippen LogP contribution in [0.15, 0.2) is 30.6 Å². The largest absolute Gasteiger partial charge is 0.495 e. The molecule has 0 amide bonds. The second-order valence-corrected chi connectivity index (χ2v) is 3.37. The van der Waals surface area contributed by atoms with Crippen LogP contribution >= 0.6 is 0 Å². The normalized spacial score (nSPS) is 9.56. The first kappa shape index (κ1) is 11.7. The molecule has 0 aliphatic rings. The quantitative estimate of drug-likeness (QED) is 0.880. The molecular weight excluding hydrogens is 232 g/mol. The van der Waals surface area contributed by atoms with Gasteiger partial charge in [0.15, 0.2) is 0 Å². The van der Waals surface area contributed by atoms with Crippen LogP contribution in [0.2, 0.25) is 0 Å². The summed E-state index contributed by atoms with van der Waals surface area (Å²) in [7, 11) is 1.49. The number of hydrogen-bond donors (Lipinski definition) is 1. The summed E-state index contributed by atoms with van der Waals surface area (Å²) in [6.45, 7) is 0. The Balaban J connectivity index is 2.25. The highest BCUT2D eigenvalue weighted by atomic mass is 16.5. The molecule has 0 radical (unpaired) electrons. The monoisotopic (exact) mass is 242 g/mol. The van der Waals surface area contributed by atoms with Gasteiger partial charge in [0.25, 0.3) is 0 Å². The van der Waals surface area contributed by atoms with E-state index in [0.717, 1.165) is 0 Å². The van der Waals surface area contributed by atoms with Crippen LogP contribution in [-0.2, 0) is 0 Å². The maximum absolute atomic E-state index is 8.85. The number of methoxy groups -OCH3 is 1. The molecule has 2 rings (SSSR count). The number of nitrogens with two attached hydrogens (primary N) is 1. The number of anilines is 1. The summed E-state index contributed by atoms with van der Waals surface area (Å²) in [5.41, 5.74) is 6.36. The van der Waals surface area contributed by atoms with Gasteiger partial charge in [-0.2, -0.15) is 5.26 Å². The van der Waals surface area contributed by atoms with Crippen LogP contribution in [0.4, 0.5) is 5.69 Å². The minimum absolute atomic E-state index is 0.177. The van der Waals surface area contributed by atoms with Gasteiger partial charge < -0.3 is 15.2 Å². The van der Waals surface area contributed by atoms with E-state index in [2.05, 4.69) is 9.97 Å². The number of aromatic nitrogens is 2. The van der Waals surface area contributed by atoms with Crippen molar-refractivity contribution < 1.29 is 9.47 Å². The van der Waals surface area contributed by atoms with Crippen molar-refractivity contribution in [2.24, 2.45) is 0 Å². The van der Waals surface area contributed by atoms with Crippen molar-refractivity contribution in [1.29, 1.82) is 5.26 Å². The van der Waals surface area contributed by atoms with Crippen LogP contribution in [0.3, 0.4) is 0 Å². The molecule has 6 heteroatoms. The van der Waals surface area contributed by atoms with Gasteiger partial charge in [-0.05, 0) is 12.1 Å². The van der Waals surface area contributed by atoms with Crippen LogP contribution in [-0.4, -0.2) is 17.1 Å². The molecular formula is C12H10N4O2. The Kier molecular flexibility index (Phi) is 3.25. The molecule has 0 saturated carbocycles. The zero-order valence-electron chi connectivity index (χ0n) is 9.62. The lowest BCUT2D eigenvalue weighted by Crippen LogP contribution is -1.95. The summed E-state index contributed by atoms with van der Waals surface area (Å²) in [5.74, 6) is 0.918. The fraction of sp³-hybridized carbons (Fsp3) is 0.0833. The summed E-state index contributed by atoms with van der Waals surface area (Å²) in [4.78, 5) is 7.81. The summed E-state index contributed by atoms with van der Waals surface area (Å²) >= 11 is 0. The maximum atomic E-state index is 8.85. The van der Waals surface area contributed by atoms with Crippen LogP contribution < -0.4 is 15.2 Å². The van der Waals surface area contributed by atoms with Gasteiger partial charge in [-0.1, -0.05) is 0 Å². The molecule has 0 unspecified atom stereocenters. The number of benzene rings is 1. The first-order valence-electron chi connectivity index (χ1n) is 5.06. The second kappa shape index (κ2) is 5.01. The minimum atomic E-state index is 0.177. The highest BCUT2D eigenvalue weighted by molar-refractivity contribution is 5.47. The van der Waals surface area contributed by atoms with Crippen LogP contribution in [0.1, 0.15) is 5.56 Å². The molecule has 0 aliphatic carbocycles. The van der Waals surface area contributed by atoms with Crippen molar-refractivity contribution in [3.05, 3.63) is 36.2 Å². The molecule has 90 valence electrons. The van der Waals surface area contributed by atoms with E-state index in [-0.39, 0.29) is 6.01 Å². The fourth-order valence-electron chi connectivity index (χ4n) is 1.31. The smallest absolute Gasteiger partial charge is 0.322 e. The zero-order valence-corrected chi connectivity index (χ0v) is 9.62. The Labute approximate surface area is 104 Å². The third-order valence-corrected chi connectivity index (χ3v) is 2.15. The zero-order chi connectivity index (χ0) is 13.0. The van der Waals surface area contributed by atoms with Gasteiger partial charge in [-0.15, -0.1) is 0 Å². The molecule has 0 atom stereocenters. The third-order valence-electron chi connectivity index (χ3n) is 2.15. The third kappa shape index (κ3) is 2.47. The average Bonchev–Trinajstić information content (AvgIpc) is 2.41. The summed E-state index contributed by atoms with van der Waals surface area (Å²) in [6.07, 6.45) is 2.90. The summed E-state index contributed by atoms with van der Waals surface area (Å²) in [5, 5.41) is 8.85. The molecule has 0 fully saturated rings. The van der Waals surface area contributed by atoms with Crippen molar-refractivity contribution in [2.75, 3.05) is 12.8 Å². The van der Waals surface area contributed by atoms with Crippen LogP contribution in [0, 0.1) is 11.3 Å². The molecule has 1 aromatic carbocycles. The minimum Gasteiger partial charge on any atom is -0.495 e. The van der Waals surface area contributed by atoms with Gasteiger partial charge in [-0.25, -0.2) is 9.97 Å². The Bertz CT molecular complexity index is 590. The lowest BCUT2D eigenvalue weighted by atomic mass is 10.2. The fourth-order valence-corrected chi connectivity index (χ4v) is 1.31. The van der Waals surface area contributed by atoms with Crippen LogP contribution in [0.5, 0.6) is 17.5 Å². The standard InChI is InChI=1S/C12H10N4O2/c1-17-11-4-10(3-2-8(11)5-13)18-12-15-6-9(14)7-16-12/h2-4,6-7H,14H2,1H3. The molecule has 0 aliphatic heterocycles. The van der Waals surface area contributed by atoms with Crippen molar-refractivity contribution in [3.63, 3.8) is 0 Å². The van der Waals surface area contributed by atoms with Gasteiger partial charge in [-0.3, -0.25) is 0 Å². The van der Waals surface area contributed by atoms with Crippen molar-refractivity contribution in [3.8, 4) is 23.6 Å².